The van der Waals surface area contributed by atoms with E-state index in [1.807, 2.05) is 0 Å². The SMILES string of the molecule is NC(CCC([PH](=O)O)P(=O)(O)O)C(=O)O. The van der Waals surface area contributed by atoms with E-state index in [1.165, 1.54) is 0 Å². The predicted octanol–water partition coefficient (Wildman–Crippen LogP) is -0.851. The third-order valence-corrected chi connectivity index (χ3v) is 5.36. The van der Waals surface area contributed by atoms with E-state index in [-0.39, 0.29) is 6.42 Å². The van der Waals surface area contributed by atoms with Crippen LogP contribution in [0.25, 0.3) is 0 Å². The van der Waals surface area contributed by atoms with Crippen molar-refractivity contribution in [2.24, 2.45) is 5.73 Å². The average Bonchev–Trinajstić information content (AvgIpc) is 2.00. The Balaban J connectivity index is 4.40. The summed E-state index contributed by atoms with van der Waals surface area (Å²) in [6, 6.07) is -1.29. The second kappa shape index (κ2) is 5.75. The molecule has 15 heavy (non-hydrogen) atoms. The summed E-state index contributed by atoms with van der Waals surface area (Å²) in [5.74, 6) is -1.32. The Kier molecular flexibility index (Phi) is 5.66. The largest absolute Gasteiger partial charge is 0.480 e. The molecule has 0 spiro atoms. The molecule has 8 nitrogen and oxygen atoms in total. The highest BCUT2D eigenvalue weighted by molar-refractivity contribution is 7.65. The smallest absolute Gasteiger partial charge is 0.337 e. The zero-order valence-corrected chi connectivity index (χ0v) is 9.50. The van der Waals surface area contributed by atoms with Crippen LogP contribution in [-0.4, -0.2) is 37.2 Å². The van der Waals surface area contributed by atoms with Gasteiger partial charge in [0.1, 0.15) is 11.4 Å². The fraction of sp³-hybridized carbons (Fsp3) is 0.800. The van der Waals surface area contributed by atoms with Gasteiger partial charge in [0.05, 0.1) is 0 Å². The van der Waals surface area contributed by atoms with Crippen molar-refractivity contribution in [2.75, 3.05) is 0 Å². The van der Waals surface area contributed by atoms with Crippen LogP contribution in [-0.2, 0) is 13.9 Å². The second-order valence-electron chi connectivity index (χ2n) is 2.97. The number of carboxylic acid groups (broad SMARTS) is 1. The number of rotatable bonds is 6. The molecule has 0 aromatic heterocycles. The van der Waals surface area contributed by atoms with Gasteiger partial charge in [0.15, 0.2) is 0 Å². The summed E-state index contributed by atoms with van der Waals surface area (Å²) in [6.45, 7) is 0. The molecule has 3 atom stereocenters. The molecule has 0 radical (unpaired) electrons. The maximum Gasteiger partial charge on any atom is 0.337 e. The third kappa shape index (κ3) is 5.41. The van der Waals surface area contributed by atoms with Crippen LogP contribution >= 0.6 is 15.6 Å². The van der Waals surface area contributed by atoms with Gasteiger partial charge in [-0.3, -0.25) is 13.9 Å². The van der Waals surface area contributed by atoms with Crippen molar-refractivity contribution in [3.63, 3.8) is 0 Å². The minimum Gasteiger partial charge on any atom is -0.480 e. The third-order valence-electron chi connectivity index (χ3n) is 1.76. The van der Waals surface area contributed by atoms with Crippen LogP contribution in [0.2, 0.25) is 0 Å². The molecule has 0 rings (SSSR count). The van der Waals surface area contributed by atoms with Crippen molar-refractivity contribution >= 4 is 21.6 Å². The van der Waals surface area contributed by atoms with E-state index in [2.05, 4.69) is 0 Å². The normalized spacial score (nSPS) is 18.1. The van der Waals surface area contributed by atoms with Crippen molar-refractivity contribution < 1.29 is 33.7 Å². The highest BCUT2D eigenvalue weighted by atomic mass is 31.2. The Morgan fingerprint density at radius 2 is 1.87 bits per heavy atom. The lowest BCUT2D eigenvalue weighted by molar-refractivity contribution is -0.138. The molecular formula is C5H13NO7P2. The van der Waals surface area contributed by atoms with E-state index in [1.54, 1.807) is 0 Å². The summed E-state index contributed by atoms with van der Waals surface area (Å²) in [5, 5.41) is 6.67. The molecule has 0 heterocycles. The van der Waals surface area contributed by atoms with E-state index < -0.39 is 39.5 Å². The number of aliphatic carboxylic acids is 1. The number of hydrogen-bond donors (Lipinski definition) is 5. The highest BCUT2D eigenvalue weighted by Gasteiger charge is 2.33. The fourth-order valence-electron chi connectivity index (χ4n) is 0.896. The Labute approximate surface area is 86.1 Å². The molecule has 0 aromatic carbocycles. The summed E-state index contributed by atoms with van der Waals surface area (Å²) < 4.78 is 21.4. The summed E-state index contributed by atoms with van der Waals surface area (Å²) in [5.41, 5.74) is 5.08. The van der Waals surface area contributed by atoms with Crippen molar-refractivity contribution in [1.29, 1.82) is 0 Å². The molecule has 0 bridgehead atoms. The Bertz CT molecular complexity index is 300. The van der Waals surface area contributed by atoms with Crippen molar-refractivity contribution in [3.8, 4) is 0 Å². The van der Waals surface area contributed by atoms with Gasteiger partial charge in [-0.15, -0.1) is 0 Å². The van der Waals surface area contributed by atoms with Crippen molar-refractivity contribution in [2.45, 2.75) is 24.3 Å². The molecule has 0 aliphatic rings. The molecule has 0 amide bonds. The molecule has 0 aliphatic carbocycles. The predicted molar refractivity (Wildman–Crippen MR) is 51.9 cm³/mol. The summed E-state index contributed by atoms with van der Waals surface area (Å²) in [7, 11) is -8.10. The van der Waals surface area contributed by atoms with Gasteiger partial charge in [0.2, 0.25) is 8.03 Å². The quantitative estimate of drug-likeness (QED) is 0.386. The van der Waals surface area contributed by atoms with Gasteiger partial charge in [-0.2, -0.15) is 0 Å². The van der Waals surface area contributed by atoms with Crippen LogP contribution in [0.5, 0.6) is 0 Å². The molecular weight excluding hydrogens is 248 g/mol. The first-order chi connectivity index (χ1) is 6.66. The second-order valence-corrected chi connectivity index (χ2v) is 6.63. The van der Waals surface area contributed by atoms with Crippen LogP contribution in [0.4, 0.5) is 0 Å². The topological polar surface area (TPSA) is 158 Å². The van der Waals surface area contributed by atoms with E-state index >= 15 is 0 Å². The molecule has 0 saturated heterocycles. The van der Waals surface area contributed by atoms with Crippen molar-refractivity contribution in [3.05, 3.63) is 0 Å². The number of carboxylic acids is 1. The van der Waals surface area contributed by atoms with Crippen LogP contribution in [0.3, 0.4) is 0 Å². The maximum absolute atomic E-state index is 10.7. The zero-order chi connectivity index (χ0) is 12.2. The maximum atomic E-state index is 10.7. The van der Waals surface area contributed by atoms with E-state index in [9.17, 15) is 13.9 Å². The van der Waals surface area contributed by atoms with E-state index in [0.717, 1.165) is 0 Å². The lowest BCUT2D eigenvalue weighted by Gasteiger charge is -2.16. The first-order valence-electron chi connectivity index (χ1n) is 3.92. The molecule has 0 aromatic rings. The molecule has 0 fully saturated rings. The van der Waals surface area contributed by atoms with Gasteiger partial charge in [0, 0.05) is 0 Å². The number of nitrogens with two attached hydrogens (primary N) is 1. The highest BCUT2D eigenvalue weighted by Crippen LogP contribution is 2.53. The lowest BCUT2D eigenvalue weighted by atomic mass is 10.2. The molecule has 0 aliphatic heterocycles. The minimum atomic E-state index is -4.68. The van der Waals surface area contributed by atoms with Crippen LogP contribution in [0, 0.1) is 0 Å². The van der Waals surface area contributed by atoms with E-state index in [0.29, 0.717) is 0 Å². The first-order valence-corrected chi connectivity index (χ1v) is 7.04. The van der Waals surface area contributed by atoms with Crippen LogP contribution < -0.4 is 5.73 Å². The van der Waals surface area contributed by atoms with Gasteiger partial charge in [0.25, 0.3) is 0 Å². The van der Waals surface area contributed by atoms with Gasteiger partial charge >= 0.3 is 13.6 Å². The van der Waals surface area contributed by atoms with Gasteiger partial charge in [-0.05, 0) is 12.8 Å². The molecule has 10 heteroatoms. The fourth-order valence-corrected chi connectivity index (χ4v) is 2.95. The Morgan fingerprint density at radius 1 is 1.40 bits per heavy atom. The lowest BCUT2D eigenvalue weighted by Crippen LogP contribution is -2.30. The van der Waals surface area contributed by atoms with Gasteiger partial charge in [-0.1, -0.05) is 0 Å². The number of carbonyl (C=O) groups is 1. The Hall–Kier alpha value is -0.230. The van der Waals surface area contributed by atoms with Crippen LogP contribution in [0.15, 0.2) is 0 Å². The monoisotopic (exact) mass is 261 g/mol. The zero-order valence-electron chi connectivity index (χ0n) is 7.61. The Morgan fingerprint density at radius 3 is 2.13 bits per heavy atom. The standard InChI is InChI=1S/C5H13NO7P2/c6-3(5(7)8)1-2-4(14(9)10)15(11,12)13/h3-4,14H,1-2,6H2,(H,7,8)(H,9,10)(H2,11,12,13). The summed E-state index contributed by atoms with van der Waals surface area (Å²) >= 11 is 0. The first kappa shape index (κ1) is 14.8. The van der Waals surface area contributed by atoms with Gasteiger partial charge in [-0.25, -0.2) is 0 Å². The minimum absolute atomic E-state index is 0.262. The molecule has 3 unspecified atom stereocenters. The molecule has 6 N–H and O–H groups in total. The molecule has 90 valence electrons. The number of hydrogen-bond acceptors (Lipinski definition) is 4. The van der Waals surface area contributed by atoms with E-state index in [4.69, 9.17) is 25.5 Å². The van der Waals surface area contributed by atoms with Crippen molar-refractivity contribution in [1.82, 2.24) is 0 Å². The van der Waals surface area contributed by atoms with Gasteiger partial charge < -0.3 is 25.5 Å². The van der Waals surface area contributed by atoms with Crippen LogP contribution in [0.1, 0.15) is 12.8 Å². The summed E-state index contributed by atoms with van der Waals surface area (Å²) in [6.07, 6.45) is -0.659. The average molecular weight is 261 g/mol. The molecule has 0 saturated carbocycles. The summed E-state index contributed by atoms with van der Waals surface area (Å²) in [4.78, 5) is 36.3.